The van der Waals surface area contributed by atoms with Crippen LogP contribution in [0.1, 0.15) is 178 Å². The largest absolute Gasteiger partial charge is 0.481 e. The molecule has 0 aromatic heterocycles. The summed E-state index contributed by atoms with van der Waals surface area (Å²) in [6.45, 7) is 18.6. The van der Waals surface area contributed by atoms with Crippen molar-refractivity contribution in [1.29, 1.82) is 0 Å². The van der Waals surface area contributed by atoms with Crippen LogP contribution >= 0.6 is 0 Å². The topological polar surface area (TPSA) is 305 Å². The molecule has 1 aliphatic rings. The number of ether oxygens (including phenoxy) is 1. The third-order valence-electron chi connectivity index (χ3n) is 11.4. The Bertz CT molecular complexity index is 1700. The fraction of sp³-hybridized carbons (Fsp3) is 0.796. The van der Waals surface area contributed by atoms with Crippen LogP contribution in [0.3, 0.4) is 0 Å². The molecule has 0 radical (unpaired) electrons. The van der Waals surface area contributed by atoms with Crippen molar-refractivity contribution in [1.82, 2.24) is 37.2 Å². The number of hydrogen-bond acceptors (Lipinski definition) is 11. The van der Waals surface area contributed by atoms with E-state index in [-0.39, 0.29) is 62.2 Å². The summed E-state index contributed by atoms with van der Waals surface area (Å²) in [5.41, 5.74) is 0. The second-order valence-electron chi connectivity index (χ2n) is 20.6. The van der Waals surface area contributed by atoms with Crippen LogP contribution in [-0.4, -0.2) is 112 Å². The highest BCUT2D eigenvalue weighted by Gasteiger charge is 2.36. The number of carboxylic acid groups (broad SMARTS) is 2. The molecule has 0 spiro atoms. The van der Waals surface area contributed by atoms with Gasteiger partial charge < -0.3 is 46.9 Å². The van der Waals surface area contributed by atoms with Crippen molar-refractivity contribution in [3.8, 4) is 0 Å². The van der Waals surface area contributed by atoms with Gasteiger partial charge in [0, 0.05) is 6.42 Å². The number of imide groups is 1. The molecule has 0 saturated carbocycles. The summed E-state index contributed by atoms with van der Waals surface area (Å²) in [4.78, 5) is 134. The summed E-state index contributed by atoms with van der Waals surface area (Å²) in [5.74, 6) is -9.13. The van der Waals surface area contributed by atoms with Crippen LogP contribution < -0.4 is 37.2 Å². The van der Waals surface area contributed by atoms with Gasteiger partial charge in [-0.2, -0.15) is 0 Å². The highest BCUT2D eigenvalue weighted by Crippen LogP contribution is 2.19. The maximum Gasteiger partial charge on any atom is 0.328 e. The SMILES string of the molecule is CC(C)CCCCCCCCC[C@H]1CC(=O)N[C@H](CCC(=O)O)C(=O)N[C@H](CC(C)C)C(=O)N[C@@H](CC(C)C)C(=O)NC(=O)N[C@H](CC(=O)O)C(=O)N[C@@H](CC(C)C)C(=O)N[C@H](CC(C)C)C(=O)O1. The molecule has 0 unspecified atom stereocenters. The molecule has 69 heavy (non-hydrogen) atoms. The number of nitrogens with one attached hydrogen (secondary N) is 7. The van der Waals surface area contributed by atoms with E-state index in [9.17, 15) is 58.2 Å². The number of aliphatic carboxylic acids is 2. The normalized spacial score (nSPS) is 23.4. The number of carbonyl (C=O) groups is 10. The third-order valence-corrected chi connectivity index (χ3v) is 11.4. The second kappa shape index (κ2) is 32.5. The number of rotatable bonds is 23. The molecule has 20 heteroatoms. The van der Waals surface area contributed by atoms with Gasteiger partial charge in [-0.05, 0) is 74.5 Å². The molecule has 20 nitrogen and oxygen atoms in total. The summed E-state index contributed by atoms with van der Waals surface area (Å²) >= 11 is 0. The van der Waals surface area contributed by atoms with E-state index in [0.29, 0.717) is 12.3 Å². The molecule has 0 bridgehead atoms. The first-order chi connectivity index (χ1) is 32.3. The monoisotopic (exact) mass is 980 g/mol. The predicted molar refractivity (Wildman–Crippen MR) is 258 cm³/mol. The molecule has 0 aliphatic carbocycles. The zero-order valence-corrected chi connectivity index (χ0v) is 42.8. The van der Waals surface area contributed by atoms with Crippen molar-refractivity contribution >= 4 is 59.4 Å². The average Bonchev–Trinajstić information content (AvgIpc) is 3.21. The summed E-state index contributed by atoms with van der Waals surface area (Å²) in [5, 5.41) is 36.5. The first-order valence-corrected chi connectivity index (χ1v) is 25.0. The van der Waals surface area contributed by atoms with E-state index in [4.69, 9.17) is 4.74 Å². The maximum absolute atomic E-state index is 14.1. The summed E-state index contributed by atoms with van der Waals surface area (Å²) in [7, 11) is 0. The molecule has 0 aromatic carbocycles. The van der Waals surface area contributed by atoms with E-state index < -0.39 is 121 Å². The van der Waals surface area contributed by atoms with Crippen LogP contribution in [0.4, 0.5) is 4.79 Å². The third kappa shape index (κ3) is 27.5. The molecule has 1 heterocycles. The zero-order valence-electron chi connectivity index (χ0n) is 42.8. The van der Waals surface area contributed by atoms with E-state index in [1.165, 1.54) is 6.42 Å². The van der Waals surface area contributed by atoms with Crippen LogP contribution in [-0.2, 0) is 47.9 Å². The van der Waals surface area contributed by atoms with E-state index >= 15 is 0 Å². The molecule has 8 amide bonds. The van der Waals surface area contributed by atoms with Gasteiger partial charge in [-0.15, -0.1) is 0 Å². The smallest absolute Gasteiger partial charge is 0.328 e. The van der Waals surface area contributed by atoms with Crippen LogP contribution in [0.15, 0.2) is 0 Å². The number of cyclic esters (lactones) is 1. The van der Waals surface area contributed by atoms with Gasteiger partial charge in [0.1, 0.15) is 42.4 Å². The number of amides is 8. The number of carbonyl (C=O) groups excluding carboxylic acids is 8. The lowest BCUT2D eigenvalue weighted by molar-refractivity contribution is -0.155. The first kappa shape index (κ1) is 61.7. The molecule has 7 atom stereocenters. The van der Waals surface area contributed by atoms with Gasteiger partial charge in [-0.25, -0.2) is 9.59 Å². The lowest BCUT2D eigenvalue weighted by Crippen LogP contribution is -2.60. The molecule has 394 valence electrons. The highest BCUT2D eigenvalue weighted by atomic mass is 16.5. The van der Waals surface area contributed by atoms with Gasteiger partial charge in [0.15, 0.2) is 0 Å². The van der Waals surface area contributed by atoms with Gasteiger partial charge in [0.05, 0.1) is 12.8 Å². The Hall–Kier alpha value is -5.30. The quantitative estimate of drug-likeness (QED) is 0.0500. The number of urea groups is 1. The Morgan fingerprint density at radius 2 is 0.899 bits per heavy atom. The Kier molecular flexibility index (Phi) is 29.1. The number of carboxylic acids is 2. The van der Waals surface area contributed by atoms with Crippen molar-refractivity contribution in [2.75, 3.05) is 0 Å². The van der Waals surface area contributed by atoms with Crippen LogP contribution in [0, 0.1) is 29.6 Å². The lowest BCUT2D eigenvalue weighted by Gasteiger charge is -2.28. The Labute approximate surface area is 408 Å². The summed E-state index contributed by atoms with van der Waals surface area (Å²) < 4.78 is 6.00. The molecule has 1 fully saturated rings. The fourth-order valence-corrected chi connectivity index (χ4v) is 7.91. The minimum Gasteiger partial charge on any atom is -0.481 e. The predicted octanol–water partition coefficient (Wildman–Crippen LogP) is 4.61. The van der Waals surface area contributed by atoms with Gasteiger partial charge in [0.25, 0.3) is 5.91 Å². The molecular weight excluding hydrogens is 895 g/mol. The van der Waals surface area contributed by atoms with Crippen molar-refractivity contribution in [3.05, 3.63) is 0 Å². The molecular formula is C49H85N7O13. The van der Waals surface area contributed by atoms with E-state index in [2.05, 4.69) is 51.1 Å². The molecule has 1 aliphatic heterocycles. The van der Waals surface area contributed by atoms with Crippen LogP contribution in [0.25, 0.3) is 0 Å². The van der Waals surface area contributed by atoms with Crippen LogP contribution in [0.2, 0.25) is 0 Å². The number of esters is 1. The Morgan fingerprint density at radius 1 is 0.478 bits per heavy atom. The van der Waals surface area contributed by atoms with E-state index in [1.807, 2.05) is 13.8 Å². The number of unbranched alkanes of at least 4 members (excludes halogenated alkanes) is 6. The van der Waals surface area contributed by atoms with Crippen molar-refractivity contribution in [3.63, 3.8) is 0 Å². The molecule has 1 rings (SSSR count). The lowest BCUT2D eigenvalue weighted by atomic mass is 9.99. The van der Waals surface area contributed by atoms with Crippen molar-refractivity contribution in [2.24, 2.45) is 29.6 Å². The van der Waals surface area contributed by atoms with Crippen molar-refractivity contribution in [2.45, 2.75) is 221 Å². The fourth-order valence-electron chi connectivity index (χ4n) is 7.91. The highest BCUT2D eigenvalue weighted by molar-refractivity contribution is 6.02. The first-order valence-electron chi connectivity index (χ1n) is 25.0. The zero-order chi connectivity index (χ0) is 52.4. The van der Waals surface area contributed by atoms with Gasteiger partial charge in [0.2, 0.25) is 29.5 Å². The standard InChI is InChI=1S/C49H85N7O13/c1-28(2)18-16-14-12-11-13-15-17-19-33-26-40(57)50-34(20-21-41(58)59)43(62)51-35(22-29(3)4)44(63)53-37(24-31(7)8)47(66)56-49(68)55-38(27-42(60)61)46(65)52-36(23-30(5)6)45(64)54-39(25-32(9)10)48(67)69-33/h28-39H,11-27H2,1-10H3,(H,50,57)(H,51,62)(H,52,65)(H,53,63)(H,54,64)(H,58,59)(H,60,61)(H2,55,56,66,68)/t33-,34+,35+,36-,37-,38+,39+/m0/s1. The summed E-state index contributed by atoms with van der Waals surface area (Å²) in [6.07, 6.45) is 4.85. The van der Waals surface area contributed by atoms with E-state index in [0.717, 1.165) is 38.5 Å². The molecule has 0 aromatic rings. The Morgan fingerprint density at radius 3 is 1.36 bits per heavy atom. The van der Waals surface area contributed by atoms with E-state index in [1.54, 1.807) is 41.5 Å². The second-order valence-corrected chi connectivity index (χ2v) is 20.6. The minimum atomic E-state index is -1.80. The van der Waals surface area contributed by atoms with Gasteiger partial charge in [-0.1, -0.05) is 114 Å². The average molecular weight is 980 g/mol. The van der Waals surface area contributed by atoms with Crippen molar-refractivity contribution < 1.29 is 62.9 Å². The van der Waals surface area contributed by atoms with Crippen LogP contribution in [0.5, 0.6) is 0 Å². The van der Waals surface area contributed by atoms with Gasteiger partial charge in [-0.3, -0.25) is 43.7 Å². The summed E-state index contributed by atoms with van der Waals surface area (Å²) in [6, 6.07) is -9.81. The Balaban J connectivity index is 3.83. The van der Waals surface area contributed by atoms with Gasteiger partial charge >= 0.3 is 23.9 Å². The molecule has 1 saturated heterocycles. The minimum absolute atomic E-state index is 0.00247. The number of hydrogen-bond donors (Lipinski definition) is 9. The maximum atomic E-state index is 14.1. The molecule has 9 N–H and O–H groups in total.